The number of benzene rings is 1. The van der Waals surface area contributed by atoms with Crippen molar-refractivity contribution in [3.8, 4) is 11.1 Å². The molecule has 9 nitrogen and oxygen atoms in total. The van der Waals surface area contributed by atoms with Gasteiger partial charge in [-0.1, -0.05) is 56.6 Å². The highest BCUT2D eigenvalue weighted by atomic mass is 32.2. The minimum Gasteiger partial charge on any atom is -0.338 e. The van der Waals surface area contributed by atoms with E-state index in [1.54, 1.807) is 22.9 Å². The second kappa shape index (κ2) is 10.2. The van der Waals surface area contributed by atoms with Crippen molar-refractivity contribution in [3.63, 3.8) is 0 Å². The lowest BCUT2D eigenvalue weighted by Crippen LogP contribution is -2.26. The molecule has 38 heavy (non-hydrogen) atoms. The summed E-state index contributed by atoms with van der Waals surface area (Å²) in [5.41, 5.74) is 1.61. The summed E-state index contributed by atoms with van der Waals surface area (Å²) < 4.78 is 21.7. The van der Waals surface area contributed by atoms with Crippen LogP contribution in [0.1, 0.15) is 58.2 Å². The number of hydrogen-bond acceptors (Lipinski definition) is 7. The molecule has 0 radical (unpaired) electrons. The fourth-order valence-corrected chi connectivity index (χ4v) is 4.99. The first-order chi connectivity index (χ1) is 18.1. The lowest BCUT2D eigenvalue weighted by atomic mass is 9.92. The summed E-state index contributed by atoms with van der Waals surface area (Å²) >= 11 is 1.42. The van der Waals surface area contributed by atoms with Crippen LogP contribution in [-0.4, -0.2) is 32.0 Å². The number of amides is 2. The molecule has 3 aromatic heterocycles. The highest BCUT2D eigenvalue weighted by molar-refractivity contribution is 7.98. The molecule has 0 saturated heterocycles. The molecule has 0 bridgehead atoms. The number of aromatic nitrogens is 4. The normalized spacial score (nSPS) is 14.2. The van der Waals surface area contributed by atoms with Crippen LogP contribution in [0.4, 0.5) is 20.8 Å². The molecule has 0 atom stereocenters. The number of urea groups is 1. The molecule has 1 aromatic carbocycles. The molecule has 0 aliphatic heterocycles. The van der Waals surface area contributed by atoms with Crippen molar-refractivity contribution in [2.24, 2.45) is 0 Å². The Morgan fingerprint density at radius 2 is 1.92 bits per heavy atom. The van der Waals surface area contributed by atoms with E-state index >= 15 is 0 Å². The first-order valence-corrected chi connectivity index (χ1v) is 13.7. The lowest BCUT2D eigenvalue weighted by molar-refractivity contribution is 0.261. The highest BCUT2D eigenvalue weighted by Crippen LogP contribution is 2.33. The number of halogens is 1. The van der Waals surface area contributed by atoms with Crippen molar-refractivity contribution in [1.29, 1.82) is 0 Å². The molecule has 0 unspecified atom stereocenters. The Balaban J connectivity index is 1.49. The lowest BCUT2D eigenvalue weighted by Gasteiger charge is -2.18. The van der Waals surface area contributed by atoms with Gasteiger partial charge in [-0.25, -0.2) is 19.2 Å². The Bertz CT molecular complexity index is 1570. The van der Waals surface area contributed by atoms with Gasteiger partial charge in [-0.05, 0) is 42.9 Å². The quantitative estimate of drug-likeness (QED) is 0.225. The number of nitrogens with one attached hydrogen (secondary N) is 2. The molecule has 5 rings (SSSR count). The minimum absolute atomic E-state index is 0.0401. The molecular formula is C27H29FN6O3S. The van der Waals surface area contributed by atoms with Crippen molar-refractivity contribution in [1.82, 2.24) is 19.7 Å². The van der Waals surface area contributed by atoms with Gasteiger partial charge in [0, 0.05) is 34.7 Å². The van der Waals surface area contributed by atoms with E-state index in [1.165, 1.54) is 30.0 Å². The van der Waals surface area contributed by atoms with Crippen molar-refractivity contribution < 1.29 is 13.7 Å². The van der Waals surface area contributed by atoms with Crippen LogP contribution in [0.25, 0.3) is 22.2 Å². The van der Waals surface area contributed by atoms with Gasteiger partial charge in [0.05, 0.1) is 11.4 Å². The van der Waals surface area contributed by atoms with Crippen LogP contribution in [0.5, 0.6) is 0 Å². The monoisotopic (exact) mass is 536 g/mol. The van der Waals surface area contributed by atoms with Gasteiger partial charge in [-0.15, -0.1) is 0 Å². The number of nitrogens with zero attached hydrogens (tertiary/aromatic N) is 4. The van der Waals surface area contributed by atoms with Crippen LogP contribution < -0.4 is 16.2 Å². The number of hydrogen-bond donors (Lipinski definition) is 2. The molecule has 0 spiro atoms. The van der Waals surface area contributed by atoms with Crippen LogP contribution in [0.3, 0.4) is 0 Å². The van der Waals surface area contributed by atoms with Crippen molar-refractivity contribution in [2.45, 2.75) is 63.1 Å². The predicted octanol–water partition coefficient (Wildman–Crippen LogP) is 6.36. The highest BCUT2D eigenvalue weighted by Gasteiger charge is 2.24. The van der Waals surface area contributed by atoms with Gasteiger partial charge in [0.2, 0.25) is 5.88 Å². The van der Waals surface area contributed by atoms with E-state index in [9.17, 15) is 14.0 Å². The van der Waals surface area contributed by atoms with E-state index in [0.29, 0.717) is 27.6 Å². The number of rotatable bonds is 5. The summed E-state index contributed by atoms with van der Waals surface area (Å²) in [5.74, 6) is -0.496. The standard InChI is InChI=1S/C27H29FN6O3S/c1-27(2,3)21-13-22(37-33-21)31-25(36)30-20-12-15(9-10-19(20)28)18-11-16-14-29-26(38-4)32-23(16)34(24(18)35)17-7-5-6-8-17/h9-14,17H,5-8H2,1-4H3,(H2,30,31,36). The van der Waals surface area contributed by atoms with Gasteiger partial charge in [0.15, 0.2) is 5.16 Å². The van der Waals surface area contributed by atoms with E-state index in [4.69, 9.17) is 4.52 Å². The van der Waals surface area contributed by atoms with E-state index in [2.05, 4.69) is 25.8 Å². The van der Waals surface area contributed by atoms with E-state index < -0.39 is 11.8 Å². The molecule has 11 heteroatoms. The van der Waals surface area contributed by atoms with Crippen LogP contribution in [-0.2, 0) is 5.41 Å². The summed E-state index contributed by atoms with van der Waals surface area (Å²) in [5, 5.41) is 10.3. The Hall–Kier alpha value is -3.73. The zero-order valence-electron chi connectivity index (χ0n) is 21.7. The zero-order valence-corrected chi connectivity index (χ0v) is 22.5. The van der Waals surface area contributed by atoms with Crippen LogP contribution >= 0.6 is 11.8 Å². The maximum absolute atomic E-state index is 14.7. The average molecular weight is 537 g/mol. The van der Waals surface area contributed by atoms with Crippen LogP contribution in [0.15, 0.2) is 51.0 Å². The maximum atomic E-state index is 14.7. The molecule has 1 aliphatic carbocycles. The summed E-state index contributed by atoms with van der Waals surface area (Å²) in [6, 6.07) is 6.91. The summed E-state index contributed by atoms with van der Waals surface area (Å²) in [4.78, 5) is 35.4. The van der Waals surface area contributed by atoms with Gasteiger partial charge in [0.25, 0.3) is 5.56 Å². The number of thioether (sulfide) groups is 1. The molecule has 2 amide bonds. The zero-order chi connectivity index (χ0) is 27.0. The maximum Gasteiger partial charge on any atom is 0.326 e. The molecule has 4 aromatic rings. The number of anilines is 2. The Morgan fingerprint density at radius 3 is 2.61 bits per heavy atom. The Morgan fingerprint density at radius 1 is 1.16 bits per heavy atom. The van der Waals surface area contributed by atoms with E-state index in [1.807, 2.05) is 27.0 Å². The average Bonchev–Trinajstić information content (AvgIpc) is 3.57. The summed E-state index contributed by atoms with van der Waals surface area (Å²) in [7, 11) is 0. The minimum atomic E-state index is -0.697. The molecule has 1 saturated carbocycles. The predicted molar refractivity (Wildman–Crippen MR) is 146 cm³/mol. The van der Waals surface area contributed by atoms with Gasteiger partial charge >= 0.3 is 6.03 Å². The third-order valence-electron chi connectivity index (χ3n) is 6.66. The van der Waals surface area contributed by atoms with E-state index in [0.717, 1.165) is 31.1 Å². The van der Waals surface area contributed by atoms with Crippen LogP contribution in [0.2, 0.25) is 0 Å². The second-order valence-electron chi connectivity index (χ2n) is 10.4. The molecule has 1 fully saturated rings. The molecule has 2 N–H and O–H groups in total. The summed E-state index contributed by atoms with van der Waals surface area (Å²) in [6.07, 6.45) is 7.49. The fraction of sp³-hybridized carbons (Fsp3) is 0.370. The topological polar surface area (TPSA) is 115 Å². The SMILES string of the molecule is CSc1ncc2cc(-c3ccc(F)c(NC(=O)Nc4cc(C(C)(C)C)no4)c3)c(=O)n(C3CCCC3)c2n1. The second-order valence-corrected chi connectivity index (χ2v) is 11.2. The number of carbonyl (C=O) groups is 1. The van der Waals surface area contributed by atoms with E-state index in [-0.39, 0.29) is 28.6 Å². The Kier molecular flexibility index (Phi) is 6.95. The smallest absolute Gasteiger partial charge is 0.326 e. The number of pyridine rings is 1. The van der Waals surface area contributed by atoms with Gasteiger partial charge in [-0.2, -0.15) is 0 Å². The molecule has 3 heterocycles. The molecule has 1 aliphatic rings. The van der Waals surface area contributed by atoms with Gasteiger partial charge in [0.1, 0.15) is 11.5 Å². The van der Waals surface area contributed by atoms with Gasteiger partial charge in [-0.3, -0.25) is 14.7 Å². The van der Waals surface area contributed by atoms with Crippen molar-refractivity contribution in [3.05, 3.63) is 58.4 Å². The molecular weight excluding hydrogens is 507 g/mol. The third-order valence-corrected chi connectivity index (χ3v) is 7.23. The largest absolute Gasteiger partial charge is 0.338 e. The number of carbonyl (C=O) groups excluding carboxylic acids is 1. The Labute approximate surface area is 223 Å². The fourth-order valence-electron chi connectivity index (χ4n) is 4.65. The van der Waals surface area contributed by atoms with Crippen molar-refractivity contribution in [2.75, 3.05) is 16.9 Å². The first-order valence-electron chi connectivity index (χ1n) is 12.5. The first kappa shape index (κ1) is 25.9. The van der Waals surface area contributed by atoms with Crippen molar-refractivity contribution >= 4 is 40.4 Å². The number of fused-ring (bicyclic) bond motifs is 1. The third kappa shape index (κ3) is 5.15. The van der Waals surface area contributed by atoms with Gasteiger partial charge < -0.3 is 9.84 Å². The molecule has 198 valence electrons. The van der Waals surface area contributed by atoms with Crippen LogP contribution in [0, 0.1) is 5.82 Å². The summed E-state index contributed by atoms with van der Waals surface area (Å²) in [6.45, 7) is 5.91.